The molecule has 0 aromatic carbocycles. The van der Waals surface area contributed by atoms with Gasteiger partial charge in [-0.2, -0.15) is 4.98 Å². The Bertz CT molecular complexity index is 1020. The molecule has 0 saturated carbocycles. The lowest BCUT2D eigenvalue weighted by molar-refractivity contribution is 0.102. The molecule has 4 rings (SSSR count). The maximum absolute atomic E-state index is 12.8. The van der Waals surface area contributed by atoms with E-state index in [9.17, 15) is 4.79 Å². The molecule has 29 heavy (non-hydrogen) atoms. The summed E-state index contributed by atoms with van der Waals surface area (Å²) in [5.41, 5.74) is 1.11. The smallest absolute Gasteiger partial charge is 0.263 e. The Kier molecular flexibility index (Phi) is 5.26. The number of imidazole rings is 1. The number of hydrogen-bond acceptors (Lipinski definition) is 8. The third-order valence-corrected chi connectivity index (χ3v) is 4.63. The van der Waals surface area contributed by atoms with E-state index in [-0.39, 0.29) is 11.8 Å². The molecule has 0 spiro atoms. The average Bonchev–Trinajstić information content (AvgIpc) is 3.07. The van der Waals surface area contributed by atoms with Crippen molar-refractivity contribution < 1.29 is 9.53 Å². The first-order valence-electron chi connectivity index (χ1n) is 9.64. The Morgan fingerprint density at radius 1 is 1.31 bits per heavy atom. The molecule has 4 heterocycles. The lowest BCUT2D eigenvalue weighted by Gasteiger charge is -2.32. The highest BCUT2D eigenvalue weighted by atomic mass is 16.5. The summed E-state index contributed by atoms with van der Waals surface area (Å²) in [6.07, 6.45) is 6.70. The number of fused-ring (bicyclic) bond motifs is 1. The van der Waals surface area contributed by atoms with Gasteiger partial charge in [0.15, 0.2) is 5.82 Å². The molecule has 1 unspecified atom stereocenters. The predicted molar refractivity (Wildman–Crippen MR) is 109 cm³/mol. The van der Waals surface area contributed by atoms with Crippen LogP contribution in [-0.4, -0.2) is 62.5 Å². The van der Waals surface area contributed by atoms with Crippen LogP contribution in [0.25, 0.3) is 5.78 Å². The fourth-order valence-corrected chi connectivity index (χ4v) is 3.30. The molecule has 3 aromatic heterocycles. The second-order valence-electron chi connectivity index (χ2n) is 7.00. The summed E-state index contributed by atoms with van der Waals surface area (Å²) in [7, 11) is 0. The van der Waals surface area contributed by atoms with Crippen molar-refractivity contribution in [3.8, 4) is 5.88 Å². The first kappa shape index (κ1) is 19.1. The molecule has 0 radical (unpaired) electrons. The Morgan fingerprint density at radius 2 is 2.17 bits per heavy atom. The zero-order valence-corrected chi connectivity index (χ0v) is 16.7. The highest BCUT2D eigenvalue weighted by Crippen LogP contribution is 2.19. The number of aryl methyl sites for hydroxylation is 1. The standard InChI is InChI=1S/C19H24N8O2/c1-4-29-18-14(11-27-10-13(3)23-19(27)25-18)17(28)24-15-7-22-16(8-21-15)26-6-5-20-12(2)9-26/h7-8,10-12,20H,4-6,9H2,1-3H3,(H,21,24,28). The Balaban J connectivity index is 1.53. The van der Waals surface area contributed by atoms with E-state index in [0.29, 0.717) is 29.8 Å². The zero-order chi connectivity index (χ0) is 20.4. The van der Waals surface area contributed by atoms with Gasteiger partial charge < -0.3 is 20.3 Å². The molecule has 1 saturated heterocycles. The first-order chi connectivity index (χ1) is 14.0. The first-order valence-corrected chi connectivity index (χ1v) is 9.64. The Morgan fingerprint density at radius 3 is 2.90 bits per heavy atom. The molecule has 1 aliphatic heterocycles. The van der Waals surface area contributed by atoms with Gasteiger partial charge in [0.2, 0.25) is 11.7 Å². The molecule has 0 bridgehead atoms. The van der Waals surface area contributed by atoms with Crippen LogP contribution >= 0.6 is 0 Å². The number of nitrogens with one attached hydrogen (secondary N) is 2. The number of nitrogens with zero attached hydrogens (tertiary/aromatic N) is 6. The minimum Gasteiger partial charge on any atom is -0.477 e. The van der Waals surface area contributed by atoms with E-state index in [4.69, 9.17) is 4.74 Å². The number of ether oxygens (including phenoxy) is 1. The van der Waals surface area contributed by atoms with E-state index >= 15 is 0 Å². The topological polar surface area (TPSA) is 110 Å². The quantitative estimate of drug-likeness (QED) is 0.664. The summed E-state index contributed by atoms with van der Waals surface area (Å²) >= 11 is 0. The van der Waals surface area contributed by atoms with Gasteiger partial charge in [0, 0.05) is 38.1 Å². The summed E-state index contributed by atoms with van der Waals surface area (Å²) in [6, 6.07) is 0.399. The summed E-state index contributed by atoms with van der Waals surface area (Å²) < 4.78 is 7.25. The lowest BCUT2D eigenvalue weighted by Crippen LogP contribution is -2.49. The van der Waals surface area contributed by atoms with Crippen molar-refractivity contribution in [1.82, 2.24) is 29.7 Å². The van der Waals surface area contributed by atoms with Gasteiger partial charge in [-0.1, -0.05) is 0 Å². The van der Waals surface area contributed by atoms with Crippen LogP contribution in [0.15, 0.2) is 24.8 Å². The molecule has 0 aliphatic carbocycles. The summed E-state index contributed by atoms with van der Waals surface area (Å²) in [4.78, 5) is 32.5. The van der Waals surface area contributed by atoms with Gasteiger partial charge in [-0.3, -0.25) is 9.20 Å². The highest BCUT2D eigenvalue weighted by molar-refractivity contribution is 6.05. The molecule has 10 heteroatoms. The van der Waals surface area contributed by atoms with E-state index in [2.05, 4.69) is 42.4 Å². The minimum absolute atomic E-state index is 0.238. The molecular weight excluding hydrogens is 372 g/mol. The molecule has 1 amide bonds. The summed E-state index contributed by atoms with van der Waals surface area (Å²) in [5.74, 6) is 1.51. The van der Waals surface area contributed by atoms with Crippen LogP contribution in [-0.2, 0) is 0 Å². The maximum Gasteiger partial charge on any atom is 0.263 e. The molecule has 152 valence electrons. The third-order valence-electron chi connectivity index (χ3n) is 4.63. The average molecular weight is 396 g/mol. The molecule has 2 N–H and O–H groups in total. The van der Waals surface area contributed by atoms with Crippen molar-refractivity contribution in [2.24, 2.45) is 0 Å². The number of carbonyl (C=O) groups is 1. The number of anilines is 2. The second-order valence-corrected chi connectivity index (χ2v) is 7.00. The maximum atomic E-state index is 12.8. The minimum atomic E-state index is -0.368. The van der Waals surface area contributed by atoms with E-state index in [0.717, 1.165) is 31.1 Å². The van der Waals surface area contributed by atoms with Crippen molar-refractivity contribution in [1.29, 1.82) is 0 Å². The van der Waals surface area contributed by atoms with Gasteiger partial charge in [0.25, 0.3) is 5.91 Å². The van der Waals surface area contributed by atoms with Crippen LogP contribution in [0.4, 0.5) is 11.6 Å². The van der Waals surface area contributed by atoms with Gasteiger partial charge in [-0.05, 0) is 20.8 Å². The second kappa shape index (κ2) is 8.00. The monoisotopic (exact) mass is 396 g/mol. The highest BCUT2D eigenvalue weighted by Gasteiger charge is 2.19. The molecule has 10 nitrogen and oxygen atoms in total. The van der Waals surface area contributed by atoms with E-state index < -0.39 is 0 Å². The number of piperazine rings is 1. The SMILES string of the molecule is CCOc1nc2nc(C)cn2cc1C(=O)Nc1cnc(N2CCNC(C)C2)cn1. The lowest BCUT2D eigenvalue weighted by atomic mass is 10.2. The summed E-state index contributed by atoms with van der Waals surface area (Å²) in [5, 5.41) is 6.17. The fraction of sp³-hybridized carbons (Fsp3) is 0.421. The van der Waals surface area contributed by atoms with Gasteiger partial charge in [-0.25, -0.2) is 15.0 Å². The molecular formula is C19H24N8O2. The summed E-state index contributed by atoms with van der Waals surface area (Å²) in [6.45, 7) is 8.88. The number of rotatable bonds is 5. The number of amides is 1. The largest absolute Gasteiger partial charge is 0.477 e. The van der Waals surface area contributed by atoms with E-state index in [1.54, 1.807) is 29.2 Å². The van der Waals surface area contributed by atoms with Crippen LogP contribution in [0.1, 0.15) is 29.9 Å². The van der Waals surface area contributed by atoms with E-state index in [1.165, 1.54) is 0 Å². The molecule has 1 aliphatic rings. The van der Waals surface area contributed by atoms with Crippen LogP contribution < -0.4 is 20.3 Å². The van der Waals surface area contributed by atoms with Crippen LogP contribution in [0.5, 0.6) is 5.88 Å². The van der Waals surface area contributed by atoms with Crippen LogP contribution in [0.2, 0.25) is 0 Å². The number of aromatic nitrogens is 5. The Labute approximate surface area is 168 Å². The zero-order valence-electron chi connectivity index (χ0n) is 16.7. The molecule has 3 aromatic rings. The Hall–Kier alpha value is -3.27. The van der Waals surface area contributed by atoms with Crippen molar-refractivity contribution in [2.45, 2.75) is 26.8 Å². The number of carbonyl (C=O) groups excluding carboxylic acids is 1. The van der Waals surface area contributed by atoms with Gasteiger partial charge in [0.1, 0.15) is 11.4 Å². The van der Waals surface area contributed by atoms with Crippen molar-refractivity contribution in [3.63, 3.8) is 0 Å². The van der Waals surface area contributed by atoms with Gasteiger partial charge in [0.05, 0.1) is 24.7 Å². The normalized spacial score (nSPS) is 16.8. The van der Waals surface area contributed by atoms with Crippen LogP contribution in [0.3, 0.4) is 0 Å². The third kappa shape index (κ3) is 4.11. The van der Waals surface area contributed by atoms with Crippen LogP contribution in [0, 0.1) is 6.92 Å². The van der Waals surface area contributed by atoms with Crippen molar-refractivity contribution in [2.75, 3.05) is 36.5 Å². The predicted octanol–water partition coefficient (Wildman–Crippen LogP) is 1.28. The van der Waals surface area contributed by atoms with E-state index in [1.807, 2.05) is 13.8 Å². The van der Waals surface area contributed by atoms with Gasteiger partial charge in [-0.15, -0.1) is 0 Å². The molecule has 1 fully saturated rings. The van der Waals surface area contributed by atoms with Crippen molar-refractivity contribution >= 4 is 23.3 Å². The van der Waals surface area contributed by atoms with Crippen molar-refractivity contribution in [3.05, 3.63) is 36.0 Å². The fourth-order valence-electron chi connectivity index (χ4n) is 3.30. The van der Waals surface area contributed by atoms with Gasteiger partial charge >= 0.3 is 0 Å². The number of hydrogen-bond donors (Lipinski definition) is 2. The molecule has 1 atom stereocenters.